The van der Waals surface area contributed by atoms with Crippen molar-refractivity contribution in [1.82, 2.24) is 99.8 Å². The molecule has 52 nitrogen and oxygen atoms in total. The summed E-state index contributed by atoms with van der Waals surface area (Å²) >= 11 is 1.21. The van der Waals surface area contributed by atoms with Crippen molar-refractivity contribution in [3.05, 3.63) is 35.9 Å². The van der Waals surface area contributed by atoms with Crippen molar-refractivity contribution in [2.24, 2.45) is 52.2 Å². The highest BCUT2D eigenvalue weighted by atomic mass is 32.2. The molecule has 3 heterocycles. The van der Waals surface area contributed by atoms with Crippen LogP contribution in [0, 0.1) is 17.8 Å². The Morgan fingerprint density at radius 3 is 1.18 bits per heavy atom. The molecule has 0 radical (unpaired) electrons. The summed E-state index contributed by atoms with van der Waals surface area (Å²) in [5.41, 5.74) is 35.2. The van der Waals surface area contributed by atoms with E-state index in [1.807, 2.05) is 0 Å². The predicted molar refractivity (Wildman–Crippen MR) is 547 cm³/mol. The molecule has 3 aliphatic heterocycles. The summed E-state index contributed by atoms with van der Waals surface area (Å²) in [6, 6.07) is -19.0. The van der Waals surface area contributed by atoms with E-state index in [9.17, 15) is 131 Å². The lowest BCUT2D eigenvalue weighted by Gasteiger charge is -2.32. The molecule has 20 amide bonds. The third-order valence-electron chi connectivity index (χ3n) is 25.5. The summed E-state index contributed by atoms with van der Waals surface area (Å²) in [5.74, 6) is -24.6. The van der Waals surface area contributed by atoms with E-state index < -0.39 is 301 Å². The summed E-state index contributed by atoms with van der Waals surface area (Å²) < 4.78 is 0. The number of primary amides is 1. The number of carboxylic acid groups (broad SMARTS) is 3. The highest BCUT2D eigenvalue weighted by Gasteiger charge is 2.46. The maximum Gasteiger partial charge on any atom is 0.326 e. The van der Waals surface area contributed by atoms with Gasteiger partial charge >= 0.3 is 17.9 Å². The number of benzene rings is 1. The number of nitrogens with zero attached hydrogens (tertiary/aromatic N) is 3. The Morgan fingerprint density at radius 2 is 0.740 bits per heavy atom. The van der Waals surface area contributed by atoms with E-state index in [2.05, 4.69) is 85.1 Å². The summed E-state index contributed by atoms with van der Waals surface area (Å²) in [6.07, 6.45) is -0.465. The molecule has 0 aliphatic carbocycles. The van der Waals surface area contributed by atoms with Gasteiger partial charge in [-0.1, -0.05) is 71.9 Å². The van der Waals surface area contributed by atoms with E-state index in [4.69, 9.17) is 34.4 Å². The van der Waals surface area contributed by atoms with Crippen LogP contribution in [0.15, 0.2) is 30.3 Å². The summed E-state index contributed by atoms with van der Waals surface area (Å²) in [6.45, 7) is 14.9. The Morgan fingerprint density at radius 1 is 0.373 bits per heavy atom. The number of carbonyl (C=O) groups is 23. The Hall–Kier alpha value is -12.9. The quantitative estimate of drug-likeness (QED) is 0.0270. The molecule has 3 fully saturated rings. The van der Waals surface area contributed by atoms with Crippen LogP contribution in [-0.4, -0.2) is 356 Å². The van der Waals surface area contributed by atoms with Crippen LogP contribution >= 0.6 is 11.8 Å². The summed E-state index contributed by atoms with van der Waals surface area (Å²) in [4.78, 5) is 322. The minimum Gasteiger partial charge on any atom is -0.481 e. The van der Waals surface area contributed by atoms with Gasteiger partial charge in [-0.3, -0.25) is 105 Å². The number of hydrogen-bond acceptors (Lipinski definition) is 30. The van der Waals surface area contributed by atoms with E-state index in [-0.39, 0.29) is 147 Å². The molecular weight excluding hydrogens is 1980 g/mol. The fourth-order valence-electron chi connectivity index (χ4n) is 17.2. The zero-order chi connectivity index (χ0) is 112. The lowest BCUT2D eigenvalue weighted by Crippen LogP contribution is -2.62. The fourth-order valence-corrected chi connectivity index (χ4v) is 17.7. The highest BCUT2D eigenvalue weighted by Crippen LogP contribution is 2.25. The fraction of sp³-hybridized carbons (Fsp3) is 0.701. The van der Waals surface area contributed by atoms with Crippen LogP contribution in [0.4, 0.5) is 0 Å². The number of carboxylic acids is 3. The van der Waals surface area contributed by atoms with Gasteiger partial charge in [-0.15, -0.1) is 0 Å². The average molecular weight is 2140 g/mol. The van der Waals surface area contributed by atoms with Gasteiger partial charge in [0.2, 0.25) is 118 Å². The van der Waals surface area contributed by atoms with Crippen molar-refractivity contribution >= 4 is 148 Å². The van der Waals surface area contributed by atoms with Crippen molar-refractivity contribution in [1.29, 1.82) is 0 Å². The molecule has 20 atom stereocenters. The maximum absolute atomic E-state index is 14.8. The number of hydrogen-bond donors (Lipinski definition) is 26. The monoisotopic (exact) mass is 2140 g/mol. The van der Waals surface area contributed by atoms with Crippen LogP contribution in [0.3, 0.4) is 0 Å². The standard InChI is InChI=1S/C97H161N25O27S/c1-51(2)46-65(107-73(125)50-104-80(131)66(48-74(126)127)114-79(130)55(8)105-88(139)69-32-24-43-121(69)95(146)56(9)106-81(132)59(28-15-19-38-98)111-89(140)70-33-23-42-120(70)94(145)54(7)102)86(137)108-60(29-16-20-39-99)82(133)110-63(37-45-150-11)84(135)115-67(49-75(128)129)87(138)109-62(31-18-22-41-101)85(136)119-78(57(10)123)93(144)112-61(30-17-21-40-100)83(134)113-64(35-36-72(103)124)96(147)122-44-25-34-71(122)90(141)117-77(53(5)6)92(143)118-76(52(3)4)91(142)116-68(97(148)149)47-58-26-13-12-14-27-58/h12-14,26-27,51-57,59-71,76-78,123H,15-25,28-50,98-102H2,1-11H3,(H2,103,124)(H,104,131)(H,105,139)(H,106,132)(H,107,125)(H,108,137)(H,109,138)(H,110,133)(H,111,140)(H,112,144)(H,113,134)(H,114,130)(H,115,135)(H,116,142)(H,117,141)(H,118,143)(H,119,136)(H,126,127)(H,128,129)(H,148,149)/t54-,55-,56-,57+,59-,60-,61-,62-,63-,64-,65-,66-,67-,68-,69-,70-,71-,76-,77-,78-/m0/s1. The Balaban J connectivity index is 1.49. The summed E-state index contributed by atoms with van der Waals surface area (Å²) in [7, 11) is 0. The first-order chi connectivity index (χ1) is 70.8. The molecule has 1 aromatic rings. The third-order valence-corrected chi connectivity index (χ3v) is 26.1. The number of carbonyl (C=O) groups excluding carboxylic acids is 20. The van der Waals surface area contributed by atoms with Gasteiger partial charge in [0, 0.05) is 32.5 Å². The number of thioether (sulfide) groups is 1. The van der Waals surface area contributed by atoms with Gasteiger partial charge in [-0.25, -0.2) is 4.79 Å². The molecule has 3 saturated heterocycles. The number of aliphatic carboxylic acids is 3. The van der Waals surface area contributed by atoms with E-state index in [0.717, 1.165) is 11.8 Å². The molecule has 0 spiro atoms. The zero-order valence-corrected chi connectivity index (χ0v) is 88.4. The SMILES string of the molecule is CSCC[C@H](NC(=O)[C@H](CCCCN)NC(=O)[C@H](CC(C)C)NC(=O)CNC(=O)[C@H](CC(=O)O)NC(=O)[C@H](C)NC(=O)[C@@H]1CCCN1C(=O)[C@H](C)NC(=O)[C@H](CCCCN)NC(=O)[C@@H]1CCCN1C(=O)[C@H](C)N)C(=O)N[C@@H](CC(=O)O)C(=O)N[C@@H](CCCCN)C(=O)N[C@H](C(=O)N[C@@H](CCCCN)C(=O)N[C@@H](CCC(N)=O)C(=O)N1CCC[C@H]1C(=O)N[C@H](C(=O)N[C@H](C(=O)N[C@@H](Cc1ccccc1)C(=O)O)C(C)C)C(C)C)[C@@H](C)O. The molecule has 0 bridgehead atoms. The minimum atomic E-state index is -2.04. The molecular formula is C97H161N25O27S. The first-order valence-corrected chi connectivity index (χ1v) is 52.7. The van der Waals surface area contributed by atoms with Gasteiger partial charge in [0.1, 0.15) is 109 Å². The second-order valence-electron chi connectivity index (χ2n) is 39.2. The highest BCUT2D eigenvalue weighted by molar-refractivity contribution is 7.98. The second kappa shape index (κ2) is 66.7. The normalized spacial score (nSPS) is 17.8. The van der Waals surface area contributed by atoms with Gasteiger partial charge in [0.15, 0.2) is 0 Å². The first-order valence-electron chi connectivity index (χ1n) is 51.3. The van der Waals surface area contributed by atoms with Crippen LogP contribution in [0.1, 0.15) is 229 Å². The molecule has 0 saturated carbocycles. The predicted octanol–water partition coefficient (Wildman–Crippen LogP) is -6.72. The number of amides is 20. The van der Waals surface area contributed by atoms with Crippen molar-refractivity contribution < 1.29 is 131 Å². The van der Waals surface area contributed by atoms with Crippen molar-refractivity contribution in [3.8, 4) is 0 Å². The van der Waals surface area contributed by atoms with E-state index in [0.29, 0.717) is 50.6 Å². The van der Waals surface area contributed by atoms with Crippen molar-refractivity contribution in [3.63, 3.8) is 0 Å². The lowest BCUT2D eigenvalue weighted by molar-refractivity contribution is -0.143. The molecule has 150 heavy (non-hydrogen) atoms. The molecule has 1 aromatic carbocycles. The van der Waals surface area contributed by atoms with Crippen LogP contribution in [0.5, 0.6) is 0 Å². The topological polar surface area (TPSA) is 832 Å². The number of aliphatic hydroxyl groups is 1. The first kappa shape index (κ1) is 129. The van der Waals surface area contributed by atoms with Crippen LogP contribution in [0.25, 0.3) is 0 Å². The van der Waals surface area contributed by atoms with Crippen LogP contribution in [0.2, 0.25) is 0 Å². The van der Waals surface area contributed by atoms with E-state index >= 15 is 0 Å². The molecule has 0 unspecified atom stereocenters. The molecule has 4 rings (SSSR count). The lowest BCUT2D eigenvalue weighted by atomic mass is 9.98. The third kappa shape index (κ3) is 44.0. The zero-order valence-electron chi connectivity index (χ0n) is 87.6. The van der Waals surface area contributed by atoms with E-state index in [1.54, 1.807) is 78.1 Å². The molecule has 53 heteroatoms. The van der Waals surface area contributed by atoms with Crippen LogP contribution in [-0.2, 0) is 117 Å². The number of unbranched alkanes of at least 4 members (excludes halogenated alkanes) is 4. The second-order valence-corrected chi connectivity index (χ2v) is 40.2. The van der Waals surface area contributed by atoms with Crippen molar-refractivity contribution in [2.75, 3.05) is 64.4 Å². The number of rotatable bonds is 69. The van der Waals surface area contributed by atoms with Gasteiger partial charge in [-0.2, -0.15) is 11.8 Å². The minimum absolute atomic E-state index is 0.0457. The van der Waals surface area contributed by atoms with Crippen molar-refractivity contribution in [2.45, 2.75) is 351 Å². The Bertz CT molecular complexity index is 4730. The Labute approximate surface area is 877 Å². The van der Waals surface area contributed by atoms with Gasteiger partial charge in [0.05, 0.1) is 31.5 Å². The van der Waals surface area contributed by atoms with Gasteiger partial charge in [0.25, 0.3) is 0 Å². The van der Waals surface area contributed by atoms with Gasteiger partial charge in [-0.05, 0) is 224 Å². The number of nitrogens with two attached hydrogens (primary N) is 6. The number of nitrogens with one attached hydrogen (secondary N) is 16. The average Bonchev–Trinajstić information content (AvgIpc) is 1.61. The summed E-state index contributed by atoms with van der Waals surface area (Å²) in [5, 5.41) is 81.4. The number of aliphatic hydroxyl groups excluding tert-OH is 1. The smallest absolute Gasteiger partial charge is 0.326 e. The molecule has 0 aromatic heterocycles. The number of likely N-dealkylation sites (tertiary alicyclic amines) is 3. The largest absolute Gasteiger partial charge is 0.481 e. The van der Waals surface area contributed by atoms with Crippen LogP contribution < -0.4 is 119 Å². The Kier molecular flexibility index (Phi) is 57.5. The van der Waals surface area contributed by atoms with E-state index in [1.165, 1.54) is 42.3 Å². The maximum atomic E-state index is 14.8. The molecule has 842 valence electrons. The van der Waals surface area contributed by atoms with Gasteiger partial charge < -0.3 is 155 Å². The molecule has 3 aliphatic rings. The molecule has 32 N–H and O–H groups in total.